The summed E-state index contributed by atoms with van der Waals surface area (Å²) in [5.41, 5.74) is 0.968. The highest BCUT2D eigenvalue weighted by Gasteiger charge is 2.31. The van der Waals surface area contributed by atoms with Crippen LogP contribution >= 0.6 is 11.3 Å². The Morgan fingerprint density at radius 3 is 2.67 bits per heavy atom. The second-order valence-electron chi connectivity index (χ2n) is 8.00. The van der Waals surface area contributed by atoms with Crippen molar-refractivity contribution < 1.29 is 4.79 Å². The largest absolute Gasteiger partial charge is 0.344 e. The second kappa shape index (κ2) is 8.55. The second-order valence-corrected chi connectivity index (χ2v) is 8.95. The van der Waals surface area contributed by atoms with Crippen molar-refractivity contribution in [3.8, 4) is 0 Å². The summed E-state index contributed by atoms with van der Waals surface area (Å²) >= 11 is 1.65. The van der Waals surface area contributed by atoms with Gasteiger partial charge in [0, 0.05) is 38.3 Å². The number of hydrogen-bond acceptors (Lipinski definition) is 5. The van der Waals surface area contributed by atoms with Gasteiger partial charge >= 0.3 is 0 Å². The molecule has 1 saturated heterocycles. The summed E-state index contributed by atoms with van der Waals surface area (Å²) < 4.78 is 0. The minimum atomic E-state index is 0.265. The lowest BCUT2D eigenvalue weighted by molar-refractivity contribution is -0.137. The van der Waals surface area contributed by atoms with E-state index in [1.54, 1.807) is 11.3 Å². The van der Waals surface area contributed by atoms with Crippen LogP contribution in [0.25, 0.3) is 10.3 Å². The number of carbonyl (C=O) groups is 1. The van der Waals surface area contributed by atoms with Gasteiger partial charge in [-0.2, -0.15) is 0 Å². The molecule has 1 aliphatic carbocycles. The summed E-state index contributed by atoms with van der Waals surface area (Å²) in [6.07, 6.45) is 10.5. The minimum Gasteiger partial charge on any atom is -0.344 e. The smallest absolute Gasteiger partial charge is 0.225 e. The Labute approximate surface area is 165 Å². The third-order valence-corrected chi connectivity index (χ3v) is 7.22. The first kappa shape index (κ1) is 18.7. The summed E-state index contributed by atoms with van der Waals surface area (Å²) in [7, 11) is 0. The van der Waals surface area contributed by atoms with E-state index in [-0.39, 0.29) is 5.92 Å². The summed E-state index contributed by atoms with van der Waals surface area (Å²) in [6.45, 7) is 5.64. The number of pyridine rings is 1. The average Bonchev–Trinajstić information content (AvgIpc) is 3.16. The van der Waals surface area contributed by atoms with Gasteiger partial charge in [0.1, 0.15) is 10.3 Å². The van der Waals surface area contributed by atoms with E-state index in [1.165, 1.54) is 32.1 Å². The Morgan fingerprint density at radius 1 is 1.19 bits per heavy atom. The molecule has 0 bridgehead atoms. The first-order valence-electron chi connectivity index (χ1n) is 10.5. The van der Waals surface area contributed by atoms with Crippen LogP contribution in [0.1, 0.15) is 51.9 Å². The molecular weight excluding hydrogens is 356 g/mol. The molecule has 2 aromatic heterocycles. The first-order chi connectivity index (χ1) is 13.2. The molecule has 1 amide bonds. The van der Waals surface area contributed by atoms with Crippen LogP contribution in [0, 0.1) is 11.8 Å². The molecule has 1 aliphatic heterocycles. The van der Waals surface area contributed by atoms with Crippen molar-refractivity contribution in [2.75, 3.05) is 31.1 Å². The molecular formula is C21H30N4OS. The predicted octanol–water partition coefficient (Wildman–Crippen LogP) is 4.34. The van der Waals surface area contributed by atoms with Crippen LogP contribution in [0.15, 0.2) is 18.3 Å². The van der Waals surface area contributed by atoms with Gasteiger partial charge in [0.15, 0.2) is 5.13 Å². The molecule has 2 aromatic rings. The summed E-state index contributed by atoms with van der Waals surface area (Å²) in [5, 5.41) is 1.03. The van der Waals surface area contributed by atoms with Gasteiger partial charge < -0.3 is 9.80 Å². The number of amides is 1. The summed E-state index contributed by atoms with van der Waals surface area (Å²) in [5.74, 6) is 1.52. The van der Waals surface area contributed by atoms with Gasteiger partial charge in [0.2, 0.25) is 5.91 Å². The van der Waals surface area contributed by atoms with Crippen LogP contribution < -0.4 is 4.90 Å². The number of fused-ring (bicyclic) bond motifs is 1. The fraction of sp³-hybridized carbons (Fsp3) is 0.667. The lowest BCUT2D eigenvalue weighted by atomic mass is 9.79. The fourth-order valence-electron chi connectivity index (χ4n) is 4.46. The molecule has 27 heavy (non-hydrogen) atoms. The average molecular weight is 387 g/mol. The topological polar surface area (TPSA) is 49.3 Å². The Morgan fingerprint density at radius 2 is 1.96 bits per heavy atom. The normalized spacial score (nSPS) is 23.7. The Bertz CT molecular complexity index is 727. The standard InChI is InChI=1S/C21H30N4OS/c1-2-3-5-16-7-9-17(10-8-16)20(26)24-12-14-25(15-13-24)21-23-18-6-4-11-22-19(18)27-21/h4,6,11,16-17H,2-3,5,7-10,12-15H2,1H3. The quantitative estimate of drug-likeness (QED) is 0.767. The Kier molecular flexibility index (Phi) is 5.91. The highest BCUT2D eigenvalue weighted by atomic mass is 32.1. The maximum atomic E-state index is 12.9. The van der Waals surface area contributed by atoms with Crippen LogP contribution in [0.5, 0.6) is 0 Å². The molecule has 0 aromatic carbocycles. The molecule has 0 radical (unpaired) electrons. The van der Waals surface area contributed by atoms with Gasteiger partial charge in [-0.05, 0) is 43.7 Å². The van der Waals surface area contributed by atoms with Crippen molar-refractivity contribution in [1.82, 2.24) is 14.9 Å². The van der Waals surface area contributed by atoms with Gasteiger partial charge in [-0.15, -0.1) is 0 Å². The molecule has 0 unspecified atom stereocenters. The van der Waals surface area contributed by atoms with Crippen LogP contribution in [-0.4, -0.2) is 47.0 Å². The van der Waals surface area contributed by atoms with Crippen molar-refractivity contribution >= 4 is 32.7 Å². The Hall–Kier alpha value is -1.69. The number of aromatic nitrogens is 2. The number of carbonyl (C=O) groups excluding carboxylic acids is 1. The molecule has 146 valence electrons. The van der Waals surface area contributed by atoms with Gasteiger partial charge in [-0.25, -0.2) is 9.97 Å². The lowest BCUT2D eigenvalue weighted by Gasteiger charge is -2.37. The van der Waals surface area contributed by atoms with Gasteiger partial charge in [-0.1, -0.05) is 37.5 Å². The summed E-state index contributed by atoms with van der Waals surface area (Å²) in [6, 6.07) is 3.94. The molecule has 4 rings (SSSR count). The van der Waals surface area contributed by atoms with E-state index in [2.05, 4.69) is 21.7 Å². The molecule has 3 heterocycles. The van der Waals surface area contributed by atoms with Crippen LogP contribution in [0.2, 0.25) is 0 Å². The fourth-order valence-corrected chi connectivity index (χ4v) is 5.42. The molecule has 2 fully saturated rings. The monoisotopic (exact) mass is 386 g/mol. The number of rotatable bonds is 5. The Balaban J connectivity index is 1.28. The van der Waals surface area contributed by atoms with Crippen molar-refractivity contribution in [2.24, 2.45) is 11.8 Å². The highest BCUT2D eigenvalue weighted by molar-refractivity contribution is 7.21. The van der Waals surface area contributed by atoms with Gasteiger partial charge in [0.05, 0.1) is 0 Å². The molecule has 1 saturated carbocycles. The number of thiazole rings is 1. The van der Waals surface area contributed by atoms with Gasteiger partial charge in [-0.3, -0.25) is 4.79 Å². The predicted molar refractivity (Wildman–Crippen MR) is 111 cm³/mol. The molecule has 5 nitrogen and oxygen atoms in total. The highest BCUT2D eigenvalue weighted by Crippen LogP contribution is 2.33. The first-order valence-corrected chi connectivity index (χ1v) is 11.3. The third-order valence-electron chi connectivity index (χ3n) is 6.18. The molecule has 6 heteroatoms. The number of unbranched alkanes of at least 4 members (excludes halogenated alkanes) is 1. The molecule has 0 atom stereocenters. The van der Waals surface area contributed by atoms with E-state index >= 15 is 0 Å². The zero-order valence-electron chi connectivity index (χ0n) is 16.3. The van der Waals surface area contributed by atoms with E-state index in [1.807, 2.05) is 18.3 Å². The number of hydrogen-bond donors (Lipinski definition) is 0. The van der Waals surface area contributed by atoms with E-state index in [9.17, 15) is 4.79 Å². The molecule has 0 N–H and O–H groups in total. The minimum absolute atomic E-state index is 0.265. The third kappa shape index (κ3) is 4.26. The number of nitrogens with zero attached hydrogens (tertiary/aromatic N) is 4. The van der Waals surface area contributed by atoms with Gasteiger partial charge in [0.25, 0.3) is 0 Å². The zero-order chi connectivity index (χ0) is 18.6. The van der Waals surface area contributed by atoms with Crippen molar-refractivity contribution in [1.29, 1.82) is 0 Å². The van der Waals surface area contributed by atoms with Crippen molar-refractivity contribution in [3.63, 3.8) is 0 Å². The van der Waals surface area contributed by atoms with Crippen LogP contribution in [0.4, 0.5) is 5.13 Å². The number of anilines is 1. The van der Waals surface area contributed by atoms with Crippen molar-refractivity contribution in [3.05, 3.63) is 18.3 Å². The maximum absolute atomic E-state index is 12.9. The van der Waals surface area contributed by atoms with E-state index in [0.717, 1.165) is 60.4 Å². The maximum Gasteiger partial charge on any atom is 0.225 e. The van der Waals surface area contributed by atoms with Crippen LogP contribution in [-0.2, 0) is 4.79 Å². The van der Waals surface area contributed by atoms with Crippen LogP contribution in [0.3, 0.4) is 0 Å². The zero-order valence-corrected chi connectivity index (χ0v) is 17.1. The van der Waals surface area contributed by atoms with E-state index < -0.39 is 0 Å². The lowest BCUT2D eigenvalue weighted by Crippen LogP contribution is -2.50. The SMILES string of the molecule is CCCCC1CCC(C(=O)N2CCN(c3nc4cccnc4s3)CC2)CC1. The number of piperazine rings is 1. The molecule has 2 aliphatic rings. The van der Waals surface area contributed by atoms with E-state index in [0.29, 0.717) is 5.91 Å². The van der Waals surface area contributed by atoms with E-state index in [4.69, 9.17) is 4.98 Å². The summed E-state index contributed by atoms with van der Waals surface area (Å²) in [4.78, 5) is 27.4. The molecule has 0 spiro atoms. The van der Waals surface area contributed by atoms with Crippen molar-refractivity contribution in [2.45, 2.75) is 51.9 Å².